The summed E-state index contributed by atoms with van der Waals surface area (Å²) in [7, 11) is 1.75. The highest BCUT2D eigenvalue weighted by atomic mass is 35.5. The molecule has 0 aromatic carbocycles. The molecule has 1 aromatic rings. The lowest BCUT2D eigenvalue weighted by molar-refractivity contribution is -0.120. The van der Waals surface area contributed by atoms with Crippen LogP contribution in [0.2, 0.25) is 5.15 Å². The fourth-order valence-electron chi connectivity index (χ4n) is 1.79. The third-order valence-electron chi connectivity index (χ3n) is 2.86. The van der Waals surface area contributed by atoms with E-state index in [-0.39, 0.29) is 17.4 Å². The van der Waals surface area contributed by atoms with Crippen LogP contribution in [0.4, 0.5) is 5.69 Å². The molecule has 19 heavy (non-hydrogen) atoms. The Morgan fingerprint density at radius 2 is 2.16 bits per heavy atom. The van der Waals surface area contributed by atoms with Gasteiger partial charge in [-0.05, 0) is 27.0 Å². The molecule has 1 atom stereocenters. The van der Waals surface area contributed by atoms with Crippen molar-refractivity contribution in [1.82, 2.24) is 9.78 Å². The monoisotopic (exact) mass is 303 g/mol. The molecule has 1 rings (SSSR count). The zero-order valence-corrected chi connectivity index (χ0v) is 14.0. The number of rotatable bonds is 4. The number of anilines is 1. The van der Waals surface area contributed by atoms with E-state index in [2.05, 4.69) is 5.10 Å². The van der Waals surface area contributed by atoms with Crippen LogP contribution in [0, 0.1) is 5.92 Å². The lowest BCUT2D eigenvalue weighted by Crippen LogP contribution is -2.33. The third-order valence-corrected chi connectivity index (χ3v) is 4.05. The van der Waals surface area contributed by atoms with Gasteiger partial charge in [0.15, 0.2) is 5.15 Å². The number of hydrogen-bond donors (Lipinski definition) is 0. The van der Waals surface area contributed by atoms with Crippen molar-refractivity contribution in [2.24, 2.45) is 5.92 Å². The molecule has 0 fully saturated rings. The highest BCUT2D eigenvalue weighted by Gasteiger charge is 2.25. The first-order valence-corrected chi connectivity index (χ1v) is 7.97. The van der Waals surface area contributed by atoms with Crippen LogP contribution in [0.1, 0.15) is 27.7 Å². The van der Waals surface area contributed by atoms with E-state index in [1.807, 2.05) is 34.0 Å². The molecule has 108 valence electrons. The zero-order valence-electron chi connectivity index (χ0n) is 12.4. The molecule has 0 aliphatic rings. The Hall–Kier alpha value is -0.680. The van der Waals surface area contributed by atoms with Crippen molar-refractivity contribution in [2.45, 2.75) is 33.2 Å². The number of halogens is 1. The normalized spacial score (nSPS) is 13.4. The summed E-state index contributed by atoms with van der Waals surface area (Å²) < 4.78 is 1.73. The molecule has 0 radical (unpaired) electrons. The van der Waals surface area contributed by atoms with Crippen LogP contribution in [0.5, 0.6) is 0 Å². The van der Waals surface area contributed by atoms with Crippen LogP contribution in [0.3, 0.4) is 0 Å². The van der Waals surface area contributed by atoms with Crippen molar-refractivity contribution >= 4 is 35.0 Å². The van der Waals surface area contributed by atoms with Crippen molar-refractivity contribution in [3.63, 3.8) is 0 Å². The standard InChI is InChI=1S/C13H22ClN3OS/c1-9(8-19-6)12(18)16(5)10-7-15-17(11(10)14)13(2,3)4/h7,9H,8H2,1-6H3. The zero-order chi connectivity index (χ0) is 14.8. The summed E-state index contributed by atoms with van der Waals surface area (Å²) in [5.74, 6) is 0.826. The van der Waals surface area contributed by atoms with Crippen LogP contribution >= 0.6 is 23.4 Å². The number of carbonyl (C=O) groups is 1. The fraction of sp³-hybridized carbons (Fsp3) is 0.692. The Morgan fingerprint density at radius 3 is 2.58 bits per heavy atom. The second kappa shape index (κ2) is 6.18. The molecule has 0 N–H and O–H groups in total. The number of nitrogens with zero attached hydrogens (tertiary/aromatic N) is 3. The minimum absolute atomic E-state index is 0.0333. The van der Waals surface area contributed by atoms with E-state index in [1.54, 1.807) is 34.6 Å². The van der Waals surface area contributed by atoms with Crippen molar-refractivity contribution in [2.75, 3.05) is 24.0 Å². The number of thioether (sulfide) groups is 1. The van der Waals surface area contributed by atoms with Gasteiger partial charge in [-0.3, -0.25) is 4.79 Å². The maximum Gasteiger partial charge on any atom is 0.230 e. The third kappa shape index (κ3) is 3.66. The lowest BCUT2D eigenvalue weighted by atomic mass is 10.1. The van der Waals surface area contributed by atoms with E-state index in [0.717, 1.165) is 5.75 Å². The number of carbonyl (C=O) groups excluding carboxylic acids is 1. The molecule has 1 heterocycles. The summed E-state index contributed by atoms with van der Waals surface area (Å²) in [5.41, 5.74) is 0.457. The minimum atomic E-state index is -0.204. The Kier molecular flexibility index (Phi) is 5.33. The van der Waals surface area contributed by atoms with Crippen LogP contribution in [-0.2, 0) is 10.3 Å². The maximum absolute atomic E-state index is 12.3. The lowest BCUT2D eigenvalue weighted by Gasteiger charge is -2.23. The Morgan fingerprint density at radius 1 is 1.58 bits per heavy atom. The summed E-state index contributed by atoms with van der Waals surface area (Å²) in [6.45, 7) is 7.99. The molecule has 0 saturated carbocycles. The van der Waals surface area contributed by atoms with Gasteiger partial charge in [-0.2, -0.15) is 16.9 Å². The van der Waals surface area contributed by atoms with Gasteiger partial charge in [-0.25, -0.2) is 4.68 Å². The molecule has 4 nitrogen and oxygen atoms in total. The average Bonchev–Trinajstić information content (AvgIpc) is 2.69. The highest BCUT2D eigenvalue weighted by Crippen LogP contribution is 2.30. The molecular weight excluding hydrogens is 282 g/mol. The minimum Gasteiger partial charge on any atom is -0.311 e. The van der Waals surface area contributed by atoms with Gasteiger partial charge in [-0.15, -0.1) is 0 Å². The van der Waals surface area contributed by atoms with Crippen LogP contribution in [-0.4, -0.2) is 34.7 Å². The summed E-state index contributed by atoms with van der Waals surface area (Å²) in [6, 6.07) is 0. The smallest absolute Gasteiger partial charge is 0.230 e. The van der Waals surface area contributed by atoms with Crippen LogP contribution < -0.4 is 4.90 Å². The van der Waals surface area contributed by atoms with E-state index in [0.29, 0.717) is 10.8 Å². The second-order valence-electron chi connectivity index (χ2n) is 5.66. The van der Waals surface area contributed by atoms with Gasteiger partial charge in [0.25, 0.3) is 0 Å². The van der Waals surface area contributed by atoms with Gasteiger partial charge in [0.05, 0.1) is 11.7 Å². The van der Waals surface area contributed by atoms with Gasteiger partial charge in [0.1, 0.15) is 5.69 Å². The van der Waals surface area contributed by atoms with Crippen molar-refractivity contribution in [1.29, 1.82) is 0 Å². The molecule has 1 amide bonds. The Labute approximate surface area is 124 Å². The van der Waals surface area contributed by atoms with Gasteiger partial charge in [0, 0.05) is 18.7 Å². The van der Waals surface area contributed by atoms with E-state index in [9.17, 15) is 4.79 Å². The van der Waals surface area contributed by atoms with Gasteiger partial charge in [-0.1, -0.05) is 18.5 Å². The van der Waals surface area contributed by atoms with Gasteiger partial charge < -0.3 is 4.90 Å². The SMILES string of the molecule is CSCC(C)C(=O)N(C)c1cnn(C(C)(C)C)c1Cl. The van der Waals surface area contributed by atoms with E-state index in [1.165, 1.54) is 0 Å². The topological polar surface area (TPSA) is 38.1 Å². The molecule has 6 heteroatoms. The molecule has 0 saturated heterocycles. The second-order valence-corrected chi connectivity index (χ2v) is 6.93. The molecule has 0 spiro atoms. The molecule has 0 aliphatic carbocycles. The van der Waals surface area contributed by atoms with Crippen molar-refractivity contribution in [3.8, 4) is 0 Å². The van der Waals surface area contributed by atoms with Crippen LogP contribution in [0.15, 0.2) is 6.20 Å². The first-order valence-electron chi connectivity index (χ1n) is 6.20. The predicted octanol–water partition coefficient (Wildman–Crippen LogP) is 3.25. The first kappa shape index (κ1) is 16.4. The molecular formula is C13H22ClN3OS. The molecule has 1 aromatic heterocycles. The highest BCUT2D eigenvalue weighted by molar-refractivity contribution is 7.98. The van der Waals surface area contributed by atoms with Gasteiger partial charge in [0.2, 0.25) is 5.91 Å². The van der Waals surface area contributed by atoms with Gasteiger partial charge >= 0.3 is 0 Å². The number of amides is 1. The summed E-state index contributed by atoms with van der Waals surface area (Å²) in [4.78, 5) is 13.9. The Bertz CT molecular complexity index is 453. The number of hydrogen-bond acceptors (Lipinski definition) is 3. The summed E-state index contributed by atoms with van der Waals surface area (Å²) in [6.07, 6.45) is 3.64. The fourth-order valence-corrected chi connectivity index (χ4v) is 2.90. The predicted molar refractivity (Wildman–Crippen MR) is 83.2 cm³/mol. The summed E-state index contributed by atoms with van der Waals surface area (Å²) in [5, 5.41) is 4.78. The van der Waals surface area contributed by atoms with E-state index in [4.69, 9.17) is 11.6 Å². The summed E-state index contributed by atoms with van der Waals surface area (Å²) >= 11 is 7.99. The quantitative estimate of drug-likeness (QED) is 0.857. The Balaban J connectivity index is 2.98. The first-order chi connectivity index (χ1) is 8.70. The largest absolute Gasteiger partial charge is 0.311 e. The van der Waals surface area contributed by atoms with E-state index < -0.39 is 0 Å². The van der Waals surface area contributed by atoms with E-state index >= 15 is 0 Å². The van der Waals surface area contributed by atoms with Crippen LogP contribution in [0.25, 0.3) is 0 Å². The number of aromatic nitrogens is 2. The van der Waals surface area contributed by atoms with Crippen molar-refractivity contribution in [3.05, 3.63) is 11.3 Å². The maximum atomic E-state index is 12.3. The van der Waals surface area contributed by atoms with Crippen molar-refractivity contribution < 1.29 is 4.79 Å². The molecule has 1 unspecified atom stereocenters. The average molecular weight is 304 g/mol. The molecule has 0 bridgehead atoms. The molecule has 0 aliphatic heterocycles.